The Morgan fingerprint density at radius 2 is 1.76 bits per heavy atom. The molecule has 6 nitrogen and oxygen atoms in total. The number of para-hydroxylation sites is 2. The van der Waals surface area contributed by atoms with Gasteiger partial charge >= 0.3 is 5.97 Å². The molecule has 0 saturated heterocycles. The summed E-state index contributed by atoms with van der Waals surface area (Å²) in [6, 6.07) is 13.4. The van der Waals surface area contributed by atoms with Crippen molar-refractivity contribution in [3.8, 4) is 0 Å². The molecule has 2 aromatic carbocycles. The van der Waals surface area contributed by atoms with Gasteiger partial charge in [-0.15, -0.1) is 0 Å². The molecule has 1 atom stereocenters. The van der Waals surface area contributed by atoms with Gasteiger partial charge in [-0.05, 0) is 23.8 Å². The van der Waals surface area contributed by atoms with Crippen molar-refractivity contribution < 1.29 is 19.1 Å². The first-order valence-electron chi connectivity index (χ1n) is 7.89. The summed E-state index contributed by atoms with van der Waals surface area (Å²) >= 11 is 0. The summed E-state index contributed by atoms with van der Waals surface area (Å²) in [7, 11) is 1.28. The molecule has 1 aliphatic heterocycles. The Bertz CT molecular complexity index is 847. The molecule has 0 bridgehead atoms. The third-order valence-electron chi connectivity index (χ3n) is 4.21. The van der Waals surface area contributed by atoms with Gasteiger partial charge in [-0.3, -0.25) is 14.5 Å². The highest BCUT2D eigenvalue weighted by Crippen LogP contribution is 2.32. The van der Waals surface area contributed by atoms with E-state index < -0.39 is 12.0 Å². The zero-order chi connectivity index (χ0) is 18.0. The number of nitrogens with zero attached hydrogens (tertiary/aromatic N) is 1. The van der Waals surface area contributed by atoms with E-state index in [1.54, 1.807) is 24.3 Å². The van der Waals surface area contributed by atoms with E-state index in [9.17, 15) is 14.4 Å². The lowest BCUT2D eigenvalue weighted by atomic mass is 10.1. The first-order chi connectivity index (χ1) is 12.0. The molecule has 6 heteroatoms. The van der Waals surface area contributed by atoms with Crippen molar-refractivity contribution in [1.82, 2.24) is 0 Å². The maximum absolute atomic E-state index is 12.8. The third-order valence-corrected chi connectivity index (χ3v) is 4.21. The molecule has 0 aliphatic carbocycles. The average Bonchev–Trinajstić information content (AvgIpc) is 3.01. The van der Waals surface area contributed by atoms with E-state index in [1.807, 2.05) is 24.3 Å². The van der Waals surface area contributed by atoms with Gasteiger partial charge in [0, 0.05) is 19.0 Å². The van der Waals surface area contributed by atoms with Crippen molar-refractivity contribution in [2.24, 2.45) is 0 Å². The number of benzene rings is 2. The van der Waals surface area contributed by atoms with Crippen LogP contribution in [0.5, 0.6) is 0 Å². The molecular weight excluding hydrogens is 320 g/mol. The number of nitrogens with one attached hydrogen (secondary N) is 1. The molecule has 2 aromatic rings. The van der Waals surface area contributed by atoms with Gasteiger partial charge in [-0.1, -0.05) is 30.3 Å². The Kier molecular flexibility index (Phi) is 4.52. The van der Waals surface area contributed by atoms with Crippen molar-refractivity contribution in [3.63, 3.8) is 0 Å². The summed E-state index contributed by atoms with van der Waals surface area (Å²) in [4.78, 5) is 38.2. The molecule has 1 heterocycles. The molecule has 0 spiro atoms. The number of methoxy groups -OCH3 is 1. The molecule has 1 N–H and O–H groups in total. The third kappa shape index (κ3) is 3.10. The van der Waals surface area contributed by atoms with Crippen LogP contribution in [0.25, 0.3) is 0 Å². The monoisotopic (exact) mass is 338 g/mol. The molecular formula is C19H18N2O4. The van der Waals surface area contributed by atoms with Gasteiger partial charge in [-0.2, -0.15) is 0 Å². The van der Waals surface area contributed by atoms with Gasteiger partial charge in [-0.25, -0.2) is 4.79 Å². The molecule has 2 amide bonds. The lowest BCUT2D eigenvalue weighted by Crippen LogP contribution is -2.44. The highest BCUT2D eigenvalue weighted by Gasteiger charge is 2.37. The molecule has 3 rings (SSSR count). The van der Waals surface area contributed by atoms with E-state index >= 15 is 0 Å². The van der Waals surface area contributed by atoms with E-state index in [0.717, 1.165) is 11.3 Å². The maximum Gasteiger partial charge on any atom is 0.339 e. The minimum Gasteiger partial charge on any atom is -0.465 e. The van der Waals surface area contributed by atoms with Crippen LogP contribution in [-0.4, -0.2) is 30.9 Å². The normalized spacial score (nSPS) is 15.4. The molecule has 0 fully saturated rings. The number of carbonyl (C=O) groups is 3. The Labute approximate surface area is 145 Å². The Morgan fingerprint density at radius 1 is 1.08 bits per heavy atom. The number of anilines is 2. The van der Waals surface area contributed by atoms with Crippen LogP contribution in [-0.2, 0) is 20.7 Å². The lowest BCUT2D eigenvalue weighted by molar-refractivity contribution is -0.122. The minimum atomic E-state index is -0.652. The van der Waals surface area contributed by atoms with Gasteiger partial charge in [0.25, 0.3) is 0 Å². The summed E-state index contributed by atoms with van der Waals surface area (Å²) in [6.07, 6.45) is 0.433. The van der Waals surface area contributed by atoms with Gasteiger partial charge < -0.3 is 10.1 Å². The summed E-state index contributed by atoms with van der Waals surface area (Å²) in [6.45, 7) is 1.44. The highest BCUT2D eigenvalue weighted by molar-refractivity contribution is 6.08. The standard InChI is InChI=1S/C19H18N2O4/c1-12(22)21-16-10-6-3-7-13(16)11-17(21)18(23)20-15-9-5-4-8-14(15)19(24)25-2/h3-10,17H,11H2,1-2H3,(H,20,23). The van der Waals surface area contributed by atoms with Gasteiger partial charge in [0.05, 0.1) is 18.4 Å². The fraction of sp³-hybridized carbons (Fsp3) is 0.211. The fourth-order valence-corrected chi connectivity index (χ4v) is 3.08. The Balaban J connectivity index is 1.88. The number of hydrogen-bond donors (Lipinski definition) is 1. The number of rotatable bonds is 3. The van der Waals surface area contributed by atoms with Crippen molar-refractivity contribution in [2.75, 3.05) is 17.3 Å². The first-order valence-corrected chi connectivity index (χ1v) is 7.89. The minimum absolute atomic E-state index is 0.202. The van der Waals surface area contributed by atoms with Crippen LogP contribution in [0.1, 0.15) is 22.8 Å². The molecule has 0 saturated carbocycles. The predicted molar refractivity (Wildman–Crippen MR) is 93.5 cm³/mol. The SMILES string of the molecule is COC(=O)c1ccccc1NC(=O)C1Cc2ccccc2N1C(C)=O. The van der Waals surface area contributed by atoms with Crippen LogP contribution < -0.4 is 10.2 Å². The number of carbonyl (C=O) groups excluding carboxylic acids is 3. The van der Waals surface area contributed by atoms with E-state index in [0.29, 0.717) is 12.1 Å². The average molecular weight is 338 g/mol. The predicted octanol–water partition coefficient (Wildman–Crippen LogP) is 2.39. The molecule has 0 radical (unpaired) electrons. The molecule has 0 aromatic heterocycles. The highest BCUT2D eigenvalue weighted by atomic mass is 16.5. The Hall–Kier alpha value is -3.15. The van der Waals surface area contributed by atoms with E-state index in [-0.39, 0.29) is 17.4 Å². The second-order valence-corrected chi connectivity index (χ2v) is 5.76. The van der Waals surface area contributed by atoms with Crippen LogP contribution in [0, 0.1) is 0 Å². The van der Waals surface area contributed by atoms with Crippen LogP contribution in [0.15, 0.2) is 48.5 Å². The van der Waals surface area contributed by atoms with Crippen LogP contribution in [0.4, 0.5) is 11.4 Å². The smallest absolute Gasteiger partial charge is 0.339 e. The molecule has 25 heavy (non-hydrogen) atoms. The zero-order valence-electron chi connectivity index (χ0n) is 14.0. The second kappa shape index (κ2) is 6.76. The van der Waals surface area contributed by atoms with Crippen LogP contribution >= 0.6 is 0 Å². The lowest BCUT2D eigenvalue weighted by Gasteiger charge is -2.23. The molecule has 1 aliphatic rings. The van der Waals surface area contributed by atoms with Gasteiger partial charge in [0.1, 0.15) is 6.04 Å². The maximum atomic E-state index is 12.8. The molecule has 1 unspecified atom stereocenters. The summed E-state index contributed by atoms with van der Waals surface area (Å²) in [5.41, 5.74) is 2.32. The fourth-order valence-electron chi connectivity index (χ4n) is 3.08. The Morgan fingerprint density at radius 3 is 2.48 bits per heavy atom. The largest absolute Gasteiger partial charge is 0.465 e. The number of amides is 2. The number of fused-ring (bicyclic) bond motifs is 1. The second-order valence-electron chi connectivity index (χ2n) is 5.76. The summed E-state index contributed by atoms with van der Waals surface area (Å²) in [5, 5.41) is 2.75. The summed E-state index contributed by atoms with van der Waals surface area (Å²) in [5.74, 6) is -1.08. The van der Waals surface area contributed by atoms with Crippen LogP contribution in [0.2, 0.25) is 0 Å². The molecule has 128 valence electrons. The number of hydrogen-bond acceptors (Lipinski definition) is 4. The quantitative estimate of drug-likeness (QED) is 0.872. The van der Waals surface area contributed by atoms with E-state index in [1.165, 1.54) is 18.9 Å². The number of ether oxygens (including phenoxy) is 1. The van der Waals surface area contributed by atoms with Gasteiger partial charge in [0.2, 0.25) is 11.8 Å². The van der Waals surface area contributed by atoms with Crippen molar-refractivity contribution in [2.45, 2.75) is 19.4 Å². The topological polar surface area (TPSA) is 75.7 Å². The van der Waals surface area contributed by atoms with Crippen LogP contribution in [0.3, 0.4) is 0 Å². The van der Waals surface area contributed by atoms with Gasteiger partial charge in [0.15, 0.2) is 0 Å². The van der Waals surface area contributed by atoms with Crippen molar-refractivity contribution in [3.05, 3.63) is 59.7 Å². The number of esters is 1. The summed E-state index contributed by atoms with van der Waals surface area (Å²) < 4.78 is 4.74. The van der Waals surface area contributed by atoms with Crippen molar-refractivity contribution in [1.29, 1.82) is 0 Å². The first kappa shape index (κ1) is 16.7. The zero-order valence-corrected chi connectivity index (χ0v) is 14.0. The van der Waals surface area contributed by atoms with E-state index in [2.05, 4.69) is 5.32 Å². The van der Waals surface area contributed by atoms with Crippen molar-refractivity contribution >= 4 is 29.2 Å². The van der Waals surface area contributed by atoms with E-state index in [4.69, 9.17) is 4.74 Å².